The van der Waals surface area contributed by atoms with Crippen molar-refractivity contribution in [2.45, 2.75) is 38.1 Å². The molecule has 1 aromatic rings. The molecule has 4 nitrogen and oxygen atoms in total. The van der Waals surface area contributed by atoms with Crippen molar-refractivity contribution in [3.63, 3.8) is 0 Å². The molecule has 0 unspecified atom stereocenters. The Balaban J connectivity index is 2.03. The first-order valence-corrected chi connectivity index (χ1v) is 7.81. The highest BCUT2D eigenvalue weighted by Crippen LogP contribution is 2.36. The summed E-state index contributed by atoms with van der Waals surface area (Å²) in [6, 6.07) is 2.95. The molecule has 1 aliphatic carbocycles. The smallest absolute Gasteiger partial charge is 0.253 e. The normalized spacial score (nSPS) is 21.0. The van der Waals surface area contributed by atoms with Gasteiger partial charge in [-0.25, -0.2) is 4.39 Å². The molecule has 112 valence electrons. The summed E-state index contributed by atoms with van der Waals surface area (Å²) < 4.78 is 14.2. The van der Waals surface area contributed by atoms with E-state index in [2.05, 4.69) is 21.2 Å². The maximum Gasteiger partial charge on any atom is 0.253 e. The minimum Gasteiger partial charge on any atom is -0.340 e. The third kappa shape index (κ3) is 2.35. The van der Waals surface area contributed by atoms with E-state index in [-0.39, 0.29) is 18.4 Å². The monoisotopic (exact) mass is 354 g/mol. The molecule has 1 saturated heterocycles. The predicted octanol–water partition coefficient (Wildman–Crippen LogP) is 2.67. The van der Waals surface area contributed by atoms with Gasteiger partial charge in [0.15, 0.2) is 0 Å². The van der Waals surface area contributed by atoms with Crippen LogP contribution in [0.2, 0.25) is 0 Å². The van der Waals surface area contributed by atoms with Gasteiger partial charge >= 0.3 is 0 Å². The maximum atomic E-state index is 13.8. The summed E-state index contributed by atoms with van der Waals surface area (Å²) in [5, 5.41) is 2.85. The second kappa shape index (κ2) is 5.09. The number of hydrogen-bond acceptors (Lipinski definition) is 2. The Kier molecular flexibility index (Phi) is 3.51. The van der Waals surface area contributed by atoms with Crippen molar-refractivity contribution in [1.29, 1.82) is 0 Å². The lowest BCUT2D eigenvalue weighted by Crippen LogP contribution is -2.65. The number of anilines is 1. The largest absolute Gasteiger partial charge is 0.340 e. The number of carbonyl (C=O) groups excluding carboxylic acids is 2. The molecule has 1 saturated carbocycles. The first-order valence-electron chi connectivity index (χ1n) is 7.02. The standard InChI is InChI=1S/C15H16BrFN2O2/c1-9-6-10(16)11(17)7-12(9)19-8-13(20)18-15(14(19)21)4-2-3-5-15/h6-7H,2-5,8H2,1H3,(H,18,20). The minimum absolute atomic E-state index is 0.0531. The van der Waals surface area contributed by atoms with Crippen LogP contribution in [0.1, 0.15) is 31.2 Å². The third-order valence-corrected chi connectivity index (χ3v) is 4.93. The van der Waals surface area contributed by atoms with Crippen molar-refractivity contribution < 1.29 is 14.0 Å². The Morgan fingerprint density at radius 3 is 2.62 bits per heavy atom. The van der Waals surface area contributed by atoms with Gasteiger partial charge in [0.25, 0.3) is 5.91 Å². The molecule has 1 heterocycles. The van der Waals surface area contributed by atoms with Crippen LogP contribution >= 0.6 is 15.9 Å². The van der Waals surface area contributed by atoms with Gasteiger partial charge in [-0.3, -0.25) is 9.59 Å². The Morgan fingerprint density at radius 2 is 1.95 bits per heavy atom. The summed E-state index contributed by atoms with van der Waals surface area (Å²) in [4.78, 5) is 26.3. The van der Waals surface area contributed by atoms with Gasteiger partial charge in [0.1, 0.15) is 17.9 Å². The SMILES string of the molecule is Cc1cc(Br)c(F)cc1N1CC(=O)NC2(CCCC2)C1=O. The lowest BCUT2D eigenvalue weighted by atomic mass is 9.92. The lowest BCUT2D eigenvalue weighted by Gasteiger charge is -2.40. The van der Waals surface area contributed by atoms with E-state index in [1.165, 1.54) is 11.0 Å². The number of rotatable bonds is 1. The minimum atomic E-state index is -0.786. The topological polar surface area (TPSA) is 49.4 Å². The van der Waals surface area contributed by atoms with Crippen LogP contribution in [-0.4, -0.2) is 23.9 Å². The van der Waals surface area contributed by atoms with Crippen molar-refractivity contribution in [2.75, 3.05) is 11.4 Å². The van der Waals surface area contributed by atoms with Crippen LogP contribution in [-0.2, 0) is 9.59 Å². The maximum absolute atomic E-state index is 13.8. The van der Waals surface area contributed by atoms with Crippen LogP contribution in [0, 0.1) is 12.7 Å². The molecule has 0 bridgehead atoms. The number of nitrogens with zero attached hydrogens (tertiary/aromatic N) is 1. The highest BCUT2D eigenvalue weighted by atomic mass is 79.9. The molecule has 1 spiro atoms. The van der Waals surface area contributed by atoms with Gasteiger partial charge in [-0.15, -0.1) is 0 Å². The third-order valence-electron chi connectivity index (χ3n) is 4.32. The molecule has 0 atom stereocenters. The van der Waals surface area contributed by atoms with E-state index < -0.39 is 11.4 Å². The fourth-order valence-corrected chi connectivity index (χ4v) is 3.73. The van der Waals surface area contributed by atoms with Crippen LogP contribution in [0.4, 0.5) is 10.1 Å². The Bertz CT molecular complexity index is 626. The molecule has 2 fully saturated rings. The number of benzene rings is 1. The van der Waals surface area contributed by atoms with Crippen LogP contribution < -0.4 is 10.2 Å². The van der Waals surface area contributed by atoms with Gasteiger partial charge < -0.3 is 10.2 Å². The summed E-state index contributed by atoms with van der Waals surface area (Å²) >= 11 is 3.13. The quantitative estimate of drug-likeness (QED) is 0.842. The zero-order valence-corrected chi connectivity index (χ0v) is 13.3. The first-order chi connectivity index (χ1) is 9.93. The van der Waals surface area contributed by atoms with Crippen LogP contribution in [0.3, 0.4) is 0 Å². The van der Waals surface area contributed by atoms with E-state index in [1.54, 1.807) is 13.0 Å². The Morgan fingerprint density at radius 1 is 1.29 bits per heavy atom. The van der Waals surface area contributed by atoms with E-state index in [1.807, 2.05) is 0 Å². The molecular formula is C15H16BrFN2O2. The van der Waals surface area contributed by atoms with Crippen molar-refractivity contribution in [2.24, 2.45) is 0 Å². The van der Waals surface area contributed by atoms with Crippen molar-refractivity contribution >= 4 is 33.4 Å². The molecule has 1 aliphatic heterocycles. The molecule has 0 radical (unpaired) electrons. The van der Waals surface area contributed by atoms with Gasteiger partial charge in [0.2, 0.25) is 5.91 Å². The van der Waals surface area contributed by atoms with Crippen molar-refractivity contribution in [1.82, 2.24) is 5.32 Å². The van der Waals surface area contributed by atoms with E-state index in [0.29, 0.717) is 23.0 Å². The number of hydrogen-bond donors (Lipinski definition) is 1. The molecule has 2 aliphatic rings. The highest BCUT2D eigenvalue weighted by molar-refractivity contribution is 9.10. The van der Waals surface area contributed by atoms with E-state index in [0.717, 1.165) is 18.4 Å². The average molecular weight is 355 g/mol. The zero-order valence-electron chi connectivity index (χ0n) is 11.7. The molecule has 6 heteroatoms. The van der Waals surface area contributed by atoms with E-state index in [4.69, 9.17) is 0 Å². The van der Waals surface area contributed by atoms with Gasteiger partial charge in [-0.05, 0) is 53.4 Å². The van der Waals surface area contributed by atoms with Gasteiger partial charge in [-0.1, -0.05) is 12.8 Å². The number of halogens is 2. The van der Waals surface area contributed by atoms with E-state index >= 15 is 0 Å². The molecular weight excluding hydrogens is 339 g/mol. The second-order valence-corrected chi connectivity index (χ2v) is 6.64. The number of aryl methyl sites for hydroxylation is 1. The number of amides is 2. The van der Waals surface area contributed by atoms with Crippen LogP contribution in [0.15, 0.2) is 16.6 Å². The van der Waals surface area contributed by atoms with Gasteiger partial charge in [0, 0.05) is 0 Å². The highest BCUT2D eigenvalue weighted by Gasteiger charge is 2.48. The lowest BCUT2D eigenvalue weighted by molar-refractivity contribution is -0.135. The number of piperazine rings is 1. The molecule has 1 aromatic carbocycles. The molecule has 21 heavy (non-hydrogen) atoms. The van der Waals surface area contributed by atoms with Crippen LogP contribution in [0.25, 0.3) is 0 Å². The average Bonchev–Trinajstić information content (AvgIpc) is 2.88. The molecule has 3 rings (SSSR count). The summed E-state index contributed by atoms with van der Waals surface area (Å²) in [5.41, 5.74) is 0.451. The van der Waals surface area contributed by atoms with E-state index in [9.17, 15) is 14.0 Å². The van der Waals surface area contributed by atoms with Crippen molar-refractivity contribution in [3.8, 4) is 0 Å². The Hall–Kier alpha value is -1.43. The van der Waals surface area contributed by atoms with Gasteiger partial charge in [-0.2, -0.15) is 0 Å². The molecule has 1 N–H and O–H groups in total. The molecule has 0 aromatic heterocycles. The van der Waals surface area contributed by atoms with Crippen LogP contribution in [0.5, 0.6) is 0 Å². The first kappa shape index (κ1) is 14.5. The number of carbonyl (C=O) groups is 2. The molecule has 2 amide bonds. The number of nitrogens with one attached hydrogen (secondary N) is 1. The van der Waals surface area contributed by atoms with Crippen molar-refractivity contribution in [3.05, 3.63) is 28.0 Å². The summed E-state index contributed by atoms with van der Waals surface area (Å²) in [6.07, 6.45) is 3.17. The Labute approximate surface area is 130 Å². The fourth-order valence-electron chi connectivity index (χ4n) is 3.27. The summed E-state index contributed by atoms with van der Waals surface area (Å²) in [5.74, 6) is -0.737. The summed E-state index contributed by atoms with van der Waals surface area (Å²) in [6.45, 7) is 1.75. The zero-order chi connectivity index (χ0) is 15.2. The summed E-state index contributed by atoms with van der Waals surface area (Å²) in [7, 11) is 0. The second-order valence-electron chi connectivity index (χ2n) is 5.78. The fraction of sp³-hybridized carbons (Fsp3) is 0.467. The van der Waals surface area contributed by atoms with Gasteiger partial charge in [0.05, 0.1) is 10.2 Å². The predicted molar refractivity (Wildman–Crippen MR) is 80.5 cm³/mol.